The molecule has 1 fully saturated rings. The van der Waals surface area contributed by atoms with Crippen molar-refractivity contribution in [3.8, 4) is 0 Å². The van der Waals surface area contributed by atoms with Gasteiger partial charge in [-0.2, -0.15) is 0 Å². The molecule has 3 nitrogen and oxygen atoms in total. The number of hydrogen-bond donors (Lipinski definition) is 1. The third kappa shape index (κ3) is 2.24. The number of benzene rings is 2. The molecule has 4 rings (SSSR count). The molecule has 2 heterocycles. The summed E-state index contributed by atoms with van der Waals surface area (Å²) in [5.74, 6) is 0.188. The zero-order valence-corrected chi connectivity index (χ0v) is 14.7. The van der Waals surface area contributed by atoms with Crippen LogP contribution < -0.4 is 10.2 Å². The predicted octanol–water partition coefficient (Wildman–Crippen LogP) is 3.60. The van der Waals surface area contributed by atoms with E-state index in [1.807, 2.05) is 11.9 Å². The van der Waals surface area contributed by atoms with Crippen LogP contribution in [-0.4, -0.2) is 19.5 Å². The number of likely N-dealkylation sites (N-methyl/N-ethyl adjacent to an activating group) is 1. The zero-order valence-electron chi connectivity index (χ0n) is 13.1. The second-order valence-electron chi connectivity index (χ2n) is 6.41. The second kappa shape index (κ2) is 5.46. The molecular formula is C19H19BrN2O. The third-order valence-corrected chi connectivity index (χ3v) is 5.58. The molecule has 4 heteroatoms. The molecule has 0 aliphatic carbocycles. The van der Waals surface area contributed by atoms with Crippen LogP contribution >= 0.6 is 15.9 Å². The first-order chi connectivity index (χ1) is 11.1. The quantitative estimate of drug-likeness (QED) is 0.875. The fraction of sp³-hybridized carbons (Fsp3) is 0.316. The highest BCUT2D eigenvalue weighted by molar-refractivity contribution is 9.10. The van der Waals surface area contributed by atoms with Crippen LogP contribution in [0.15, 0.2) is 46.9 Å². The molecule has 2 aromatic rings. The molecule has 0 bridgehead atoms. The molecule has 2 aliphatic rings. The number of nitrogens with one attached hydrogen (secondary N) is 1. The van der Waals surface area contributed by atoms with Gasteiger partial charge in [-0.3, -0.25) is 10.1 Å². The van der Waals surface area contributed by atoms with Gasteiger partial charge < -0.3 is 4.90 Å². The van der Waals surface area contributed by atoms with E-state index in [1.54, 1.807) is 0 Å². The molecule has 1 spiro atoms. The Bertz CT molecular complexity index is 763. The summed E-state index contributed by atoms with van der Waals surface area (Å²) in [5.41, 5.74) is 4.25. The van der Waals surface area contributed by atoms with Crippen molar-refractivity contribution in [1.82, 2.24) is 5.32 Å². The number of nitrogens with zero attached hydrogens (tertiary/aromatic N) is 1. The van der Waals surface area contributed by atoms with Crippen LogP contribution in [-0.2, 0) is 16.8 Å². The van der Waals surface area contributed by atoms with Gasteiger partial charge in [0.05, 0.1) is 0 Å². The van der Waals surface area contributed by atoms with E-state index >= 15 is 0 Å². The summed E-state index contributed by atoms with van der Waals surface area (Å²) in [4.78, 5) is 14.7. The van der Waals surface area contributed by atoms with Crippen LogP contribution in [0.1, 0.15) is 29.5 Å². The topological polar surface area (TPSA) is 32.3 Å². The lowest BCUT2D eigenvalue weighted by Gasteiger charge is -2.24. The van der Waals surface area contributed by atoms with Crippen molar-refractivity contribution >= 4 is 27.5 Å². The van der Waals surface area contributed by atoms with Gasteiger partial charge in [-0.05, 0) is 55.1 Å². The minimum Gasteiger partial charge on any atom is -0.313 e. The molecule has 2 aliphatic heterocycles. The summed E-state index contributed by atoms with van der Waals surface area (Å²) in [6.45, 7) is 0.908. The molecule has 118 valence electrons. The number of carbonyl (C=O) groups is 1. The summed E-state index contributed by atoms with van der Waals surface area (Å²) in [7, 11) is 1.89. The van der Waals surface area contributed by atoms with E-state index in [1.165, 1.54) is 16.7 Å². The Morgan fingerprint density at radius 1 is 1.22 bits per heavy atom. The number of hydrogen-bond acceptors (Lipinski definition) is 2. The smallest absolute Gasteiger partial charge is 0.251 e. The highest BCUT2D eigenvalue weighted by Gasteiger charge is 2.52. The van der Waals surface area contributed by atoms with E-state index in [-0.39, 0.29) is 5.91 Å². The first-order valence-corrected chi connectivity index (χ1v) is 8.81. The van der Waals surface area contributed by atoms with Gasteiger partial charge in [0, 0.05) is 22.8 Å². The van der Waals surface area contributed by atoms with Crippen LogP contribution in [0.4, 0.5) is 5.69 Å². The largest absolute Gasteiger partial charge is 0.313 e. The Morgan fingerprint density at radius 3 is 2.70 bits per heavy atom. The number of amides is 1. The number of anilines is 1. The molecule has 2 aromatic carbocycles. The van der Waals surface area contributed by atoms with Crippen LogP contribution in [0.5, 0.6) is 0 Å². The minimum absolute atomic E-state index is 0.188. The van der Waals surface area contributed by atoms with E-state index in [4.69, 9.17) is 0 Å². The van der Waals surface area contributed by atoms with Gasteiger partial charge in [0.2, 0.25) is 0 Å². The Labute approximate surface area is 144 Å². The van der Waals surface area contributed by atoms with Gasteiger partial charge >= 0.3 is 0 Å². The number of halogens is 1. The van der Waals surface area contributed by atoms with Crippen molar-refractivity contribution in [3.63, 3.8) is 0 Å². The van der Waals surface area contributed by atoms with Gasteiger partial charge in [-0.15, -0.1) is 0 Å². The van der Waals surface area contributed by atoms with Crippen LogP contribution in [0.25, 0.3) is 0 Å². The number of carbonyl (C=O) groups excluding carboxylic acids is 1. The predicted molar refractivity (Wildman–Crippen MR) is 95.7 cm³/mol. The molecule has 1 unspecified atom stereocenters. The van der Waals surface area contributed by atoms with Crippen molar-refractivity contribution in [2.45, 2.75) is 24.8 Å². The maximum atomic E-state index is 12.9. The lowest BCUT2D eigenvalue weighted by atomic mass is 9.84. The highest BCUT2D eigenvalue weighted by Crippen LogP contribution is 2.46. The normalized spacial score (nSPS) is 22.9. The van der Waals surface area contributed by atoms with Crippen molar-refractivity contribution in [3.05, 3.63) is 63.6 Å². The lowest BCUT2D eigenvalue weighted by molar-refractivity contribution is -0.123. The lowest BCUT2D eigenvalue weighted by Crippen LogP contribution is -2.46. The fourth-order valence-electron chi connectivity index (χ4n) is 3.97. The highest BCUT2D eigenvalue weighted by atomic mass is 79.9. The van der Waals surface area contributed by atoms with Crippen molar-refractivity contribution in [2.24, 2.45) is 0 Å². The third-order valence-electron chi connectivity index (χ3n) is 5.05. The Morgan fingerprint density at radius 2 is 2.00 bits per heavy atom. The summed E-state index contributed by atoms with van der Waals surface area (Å²) < 4.78 is 1.09. The summed E-state index contributed by atoms with van der Waals surface area (Å²) in [6.07, 6.45) is 2.78. The molecule has 1 N–H and O–H groups in total. The maximum Gasteiger partial charge on any atom is 0.251 e. The molecule has 1 atom stereocenters. The molecule has 1 saturated heterocycles. The van der Waals surface area contributed by atoms with Gasteiger partial charge in [0.1, 0.15) is 5.54 Å². The molecule has 0 radical (unpaired) electrons. The molecule has 23 heavy (non-hydrogen) atoms. The van der Waals surface area contributed by atoms with Gasteiger partial charge in [0.25, 0.3) is 5.91 Å². The first-order valence-electron chi connectivity index (χ1n) is 8.02. The van der Waals surface area contributed by atoms with Gasteiger partial charge in [-0.1, -0.05) is 40.2 Å². The standard InChI is InChI=1S/C19H19BrN2O/c1-22-16-5-2-4-14(12-13-6-8-15(20)9-7-13)17(16)19(18(22)23)10-3-11-21-19/h2,4-9,21H,3,10-12H2,1H3. The monoisotopic (exact) mass is 370 g/mol. The van der Waals surface area contributed by atoms with Crippen molar-refractivity contribution < 1.29 is 4.79 Å². The molecular weight excluding hydrogens is 352 g/mol. The molecule has 1 amide bonds. The average Bonchev–Trinajstić information content (AvgIpc) is 3.12. The summed E-state index contributed by atoms with van der Waals surface area (Å²) in [5, 5.41) is 3.50. The maximum absolute atomic E-state index is 12.9. The van der Waals surface area contributed by atoms with Gasteiger partial charge in [0.15, 0.2) is 0 Å². The molecule has 0 aromatic heterocycles. The molecule has 0 saturated carbocycles. The fourth-order valence-corrected chi connectivity index (χ4v) is 4.23. The van der Waals surface area contributed by atoms with Crippen LogP contribution in [0.3, 0.4) is 0 Å². The van der Waals surface area contributed by atoms with Crippen molar-refractivity contribution in [1.29, 1.82) is 0 Å². The number of rotatable bonds is 2. The van der Waals surface area contributed by atoms with E-state index in [0.717, 1.165) is 36.0 Å². The van der Waals surface area contributed by atoms with Gasteiger partial charge in [-0.25, -0.2) is 0 Å². The van der Waals surface area contributed by atoms with E-state index < -0.39 is 5.54 Å². The summed E-state index contributed by atoms with van der Waals surface area (Å²) >= 11 is 3.48. The van der Waals surface area contributed by atoms with Crippen LogP contribution in [0.2, 0.25) is 0 Å². The average molecular weight is 371 g/mol. The number of fused-ring (bicyclic) bond motifs is 2. The Hall–Kier alpha value is -1.65. The first kappa shape index (κ1) is 14.9. The SMILES string of the molecule is CN1C(=O)C2(CCCN2)c2c(Cc3ccc(Br)cc3)cccc21. The second-order valence-corrected chi connectivity index (χ2v) is 7.33. The Balaban J connectivity index is 1.81. The van der Waals surface area contributed by atoms with E-state index in [9.17, 15) is 4.79 Å². The van der Waals surface area contributed by atoms with E-state index in [0.29, 0.717) is 0 Å². The van der Waals surface area contributed by atoms with E-state index in [2.05, 4.69) is 63.7 Å². The summed E-state index contributed by atoms with van der Waals surface area (Å²) in [6, 6.07) is 14.7. The Kier molecular flexibility index (Phi) is 3.54. The van der Waals surface area contributed by atoms with Crippen LogP contribution in [0, 0.1) is 0 Å². The zero-order chi connectivity index (χ0) is 16.0. The minimum atomic E-state index is -0.504. The van der Waals surface area contributed by atoms with Crippen molar-refractivity contribution in [2.75, 3.05) is 18.5 Å².